The molecule has 1 aliphatic rings. The molecule has 1 aromatic heterocycles. The first kappa shape index (κ1) is 12.8. The predicted octanol–water partition coefficient (Wildman–Crippen LogP) is 3.07. The number of carbonyl (C=O) groups is 1. The molecule has 0 spiro atoms. The molecule has 1 saturated carbocycles. The number of hydrogen-bond donors (Lipinski definition) is 0. The third kappa shape index (κ3) is 2.85. The lowest BCUT2D eigenvalue weighted by atomic mass is 10.1. The van der Waals surface area contributed by atoms with Gasteiger partial charge in [-0.2, -0.15) is 0 Å². The maximum atomic E-state index is 13.1. The zero-order valence-electron chi connectivity index (χ0n) is 10.8. The van der Waals surface area contributed by atoms with Crippen LogP contribution in [0.25, 0.3) is 0 Å². The van der Waals surface area contributed by atoms with Crippen molar-refractivity contribution in [2.24, 2.45) is 5.92 Å². The van der Waals surface area contributed by atoms with Gasteiger partial charge in [0.15, 0.2) is 0 Å². The molecule has 2 unspecified atom stereocenters. The predicted molar refractivity (Wildman–Crippen MR) is 71.3 cm³/mol. The van der Waals surface area contributed by atoms with Crippen LogP contribution in [0, 0.1) is 11.7 Å². The molecule has 1 heterocycles. The van der Waals surface area contributed by atoms with Gasteiger partial charge in [0.05, 0.1) is 11.6 Å². The Balaban J connectivity index is 1.55. The van der Waals surface area contributed by atoms with Crippen molar-refractivity contribution in [1.29, 1.82) is 0 Å². The highest BCUT2D eigenvalue weighted by Crippen LogP contribution is 2.48. The summed E-state index contributed by atoms with van der Waals surface area (Å²) in [5.41, 5.74) is 1.59. The molecule has 1 aromatic carbocycles. The second kappa shape index (κ2) is 5.41. The molecule has 2 aromatic rings. The van der Waals surface area contributed by atoms with Crippen LogP contribution in [-0.2, 0) is 16.1 Å². The minimum Gasteiger partial charge on any atom is -0.459 e. The van der Waals surface area contributed by atoms with Crippen LogP contribution in [0.1, 0.15) is 23.6 Å². The number of esters is 1. The van der Waals surface area contributed by atoms with Gasteiger partial charge in [-0.3, -0.25) is 9.78 Å². The minimum absolute atomic E-state index is 0.0851. The second-order valence-electron chi connectivity index (χ2n) is 4.93. The van der Waals surface area contributed by atoms with Crippen molar-refractivity contribution in [2.45, 2.75) is 18.9 Å². The molecular formula is C16H14FNO2. The van der Waals surface area contributed by atoms with E-state index in [9.17, 15) is 9.18 Å². The molecular weight excluding hydrogens is 257 g/mol. The first-order valence-electron chi connectivity index (χ1n) is 6.56. The number of nitrogens with zero attached hydrogens (tertiary/aromatic N) is 1. The fourth-order valence-corrected chi connectivity index (χ4v) is 2.30. The van der Waals surface area contributed by atoms with E-state index >= 15 is 0 Å². The lowest BCUT2D eigenvalue weighted by molar-refractivity contribution is -0.146. The van der Waals surface area contributed by atoms with Crippen molar-refractivity contribution in [3.05, 3.63) is 65.7 Å². The van der Waals surface area contributed by atoms with Gasteiger partial charge < -0.3 is 4.74 Å². The molecule has 20 heavy (non-hydrogen) atoms. The van der Waals surface area contributed by atoms with Crippen LogP contribution < -0.4 is 0 Å². The van der Waals surface area contributed by atoms with E-state index in [1.54, 1.807) is 12.3 Å². The highest BCUT2D eigenvalue weighted by molar-refractivity contribution is 5.77. The van der Waals surface area contributed by atoms with E-state index in [1.807, 2.05) is 24.3 Å². The van der Waals surface area contributed by atoms with Gasteiger partial charge in [-0.15, -0.1) is 0 Å². The average Bonchev–Trinajstić information content (AvgIpc) is 3.26. The van der Waals surface area contributed by atoms with Gasteiger partial charge >= 0.3 is 5.97 Å². The van der Waals surface area contributed by atoms with Crippen LogP contribution in [0.4, 0.5) is 4.39 Å². The Morgan fingerprint density at radius 2 is 2.20 bits per heavy atom. The van der Waals surface area contributed by atoms with Crippen molar-refractivity contribution >= 4 is 5.97 Å². The van der Waals surface area contributed by atoms with E-state index < -0.39 is 0 Å². The number of ether oxygens (including phenoxy) is 1. The van der Waals surface area contributed by atoms with Gasteiger partial charge in [0.1, 0.15) is 12.4 Å². The Morgan fingerprint density at radius 1 is 1.30 bits per heavy atom. The SMILES string of the molecule is O=C(OCc1ccccn1)C1CC1c1cccc(F)c1. The molecule has 3 rings (SSSR count). The van der Waals surface area contributed by atoms with Crippen LogP contribution in [0.5, 0.6) is 0 Å². The monoisotopic (exact) mass is 271 g/mol. The van der Waals surface area contributed by atoms with Gasteiger partial charge in [-0.05, 0) is 42.2 Å². The topological polar surface area (TPSA) is 39.2 Å². The molecule has 0 amide bonds. The van der Waals surface area contributed by atoms with Crippen LogP contribution in [0.3, 0.4) is 0 Å². The number of halogens is 1. The van der Waals surface area contributed by atoms with E-state index in [0.29, 0.717) is 0 Å². The third-order valence-electron chi connectivity index (χ3n) is 3.46. The van der Waals surface area contributed by atoms with Crippen molar-refractivity contribution < 1.29 is 13.9 Å². The van der Waals surface area contributed by atoms with E-state index in [-0.39, 0.29) is 30.2 Å². The Labute approximate surface area is 116 Å². The van der Waals surface area contributed by atoms with Gasteiger partial charge in [0.2, 0.25) is 0 Å². The summed E-state index contributed by atoms with van der Waals surface area (Å²) in [4.78, 5) is 16.0. The molecule has 0 saturated heterocycles. The molecule has 1 aliphatic carbocycles. The van der Waals surface area contributed by atoms with Crippen molar-refractivity contribution in [3.8, 4) is 0 Å². The van der Waals surface area contributed by atoms with E-state index in [2.05, 4.69) is 4.98 Å². The number of carbonyl (C=O) groups excluding carboxylic acids is 1. The fraction of sp³-hybridized carbons (Fsp3) is 0.250. The number of rotatable bonds is 4. The number of benzene rings is 1. The summed E-state index contributed by atoms with van der Waals surface area (Å²) >= 11 is 0. The van der Waals surface area contributed by atoms with Gasteiger partial charge in [-0.25, -0.2) is 4.39 Å². The summed E-state index contributed by atoms with van der Waals surface area (Å²) in [6, 6.07) is 11.9. The molecule has 0 bridgehead atoms. The smallest absolute Gasteiger partial charge is 0.309 e. The summed E-state index contributed by atoms with van der Waals surface area (Å²) in [7, 11) is 0. The van der Waals surface area contributed by atoms with Crippen LogP contribution >= 0.6 is 0 Å². The number of aromatic nitrogens is 1. The van der Waals surface area contributed by atoms with Crippen LogP contribution in [0.2, 0.25) is 0 Å². The van der Waals surface area contributed by atoms with Crippen molar-refractivity contribution in [1.82, 2.24) is 4.98 Å². The normalized spacial score (nSPS) is 20.4. The Hall–Kier alpha value is -2.23. The first-order valence-corrected chi connectivity index (χ1v) is 6.56. The lowest BCUT2D eigenvalue weighted by Gasteiger charge is -2.04. The molecule has 0 N–H and O–H groups in total. The molecule has 3 nitrogen and oxygen atoms in total. The highest BCUT2D eigenvalue weighted by atomic mass is 19.1. The summed E-state index contributed by atoms with van der Waals surface area (Å²) in [5.74, 6) is -0.567. The maximum Gasteiger partial charge on any atom is 0.309 e. The van der Waals surface area contributed by atoms with E-state index in [1.165, 1.54) is 12.1 Å². The molecule has 1 fully saturated rings. The summed E-state index contributed by atoms with van der Waals surface area (Å²) in [6.07, 6.45) is 2.39. The summed E-state index contributed by atoms with van der Waals surface area (Å²) < 4.78 is 18.4. The van der Waals surface area contributed by atoms with Crippen molar-refractivity contribution in [2.75, 3.05) is 0 Å². The van der Waals surface area contributed by atoms with Crippen LogP contribution in [-0.4, -0.2) is 11.0 Å². The molecule has 102 valence electrons. The minimum atomic E-state index is -0.269. The van der Waals surface area contributed by atoms with Gasteiger partial charge in [0.25, 0.3) is 0 Å². The standard InChI is InChI=1S/C16H14FNO2/c17-12-5-3-4-11(8-12)14-9-15(14)16(19)20-10-13-6-1-2-7-18-13/h1-8,14-15H,9-10H2. The first-order chi connectivity index (χ1) is 9.74. The Morgan fingerprint density at radius 3 is 2.95 bits per heavy atom. The Kier molecular flexibility index (Phi) is 3.46. The largest absolute Gasteiger partial charge is 0.459 e. The van der Waals surface area contributed by atoms with Crippen molar-refractivity contribution in [3.63, 3.8) is 0 Å². The zero-order chi connectivity index (χ0) is 13.9. The molecule has 4 heteroatoms. The molecule has 0 radical (unpaired) electrons. The third-order valence-corrected chi connectivity index (χ3v) is 3.46. The maximum absolute atomic E-state index is 13.1. The number of hydrogen-bond acceptors (Lipinski definition) is 3. The average molecular weight is 271 g/mol. The zero-order valence-corrected chi connectivity index (χ0v) is 10.8. The fourth-order valence-electron chi connectivity index (χ4n) is 2.30. The van der Waals surface area contributed by atoms with E-state index in [4.69, 9.17) is 4.74 Å². The Bertz CT molecular complexity index is 615. The second-order valence-corrected chi connectivity index (χ2v) is 4.93. The summed E-state index contributed by atoms with van der Waals surface area (Å²) in [6.45, 7) is 0.187. The van der Waals surface area contributed by atoms with Gasteiger partial charge in [0, 0.05) is 6.20 Å². The van der Waals surface area contributed by atoms with Gasteiger partial charge in [-0.1, -0.05) is 18.2 Å². The van der Waals surface area contributed by atoms with Crippen LogP contribution in [0.15, 0.2) is 48.7 Å². The molecule has 2 atom stereocenters. The lowest BCUT2D eigenvalue weighted by Crippen LogP contribution is -2.08. The quantitative estimate of drug-likeness (QED) is 0.802. The van der Waals surface area contributed by atoms with E-state index in [0.717, 1.165) is 17.7 Å². The summed E-state index contributed by atoms with van der Waals surface area (Å²) in [5, 5.41) is 0. The molecule has 0 aliphatic heterocycles. The number of pyridine rings is 1. The highest BCUT2D eigenvalue weighted by Gasteiger charge is 2.45.